The van der Waals surface area contributed by atoms with Gasteiger partial charge in [-0.05, 0) is 43.5 Å². The van der Waals surface area contributed by atoms with Gasteiger partial charge in [-0.3, -0.25) is 4.79 Å². The van der Waals surface area contributed by atoms with Gasteiger partial charge in [-0.1, -0.05) is 38.1 Å². The van der Waals surface area contributed by atoms with Crippen LogP contribution in [0.2, 0.25) is 0 Å². The third kappa shape index (κ3) is 6.49. The van der Waals surface area contributed by atoms with Crippen LogP contribution in [0.15, 0.2) is 54.6 Å². The average Bonchev–Trinajstić information content (AvgIpc) is 2.60. The van der Waals surface area contributed by atoms with Crippen molar-refractivity contribution in [2.75, 3.05) is 29.9 Å². The van der Waals surface area contributed by atoms with Gasteiger partial charge in [-0.15, -0.1) is 0 Å². The molecule has 0 bridgehead atoms. The van der Waals surface area contributed by atoms with E-state index in [4.69, 9.17) is 4.74 Å². The molecular weight excluding hydrogens is 312 g/mol. The summed E-state index contributed by atoms with van der Waals surface area (Å²) in [6.07, 6.45) is 1.01. The molecule has 0 unspecified atom stereocenters. The van der Waals surface area contributed by atoms with Crippen molar-refractivity contribution in [1.29, 1.82) is 0 Å². The number of rotatable bonds is 9. The fourth-order valence-electron chi connectivity index (χ4n) is 2.47. The number of nitrogens with zero attached hydrogens (tertiary/aromatic N) is 1. The van der Waals surface area contributed by atoms with Crippen LogP contribution in [0.1, 0.15) is 27.2 Å². The Morgan fingerprint density at radius 1 is 1.12 bits per heavy atom. The lowest BCUT2D eigenvalue weighted by Crippen LogP contribution is -2.33. The highest BCUT2D eigenvalue weighted by Gasteiger charge is 2.10. The number of ether oxygens (including phenoxy) is 1. The molecule has 0 aromatic heterocycles. The van der Waals surface area contributed by atoms with Crippen molar-refractivity contribution in [3.63, 3.8) is 0 Å². The highest BCUT2D eigenvalue weighted by molar-refractivity contribution is 5.94. The van der Waals surface area contributed by atoms with Gasteiger partial charge < -0.3 is 15.0 Å². The van der Waals surface area contributed by atoms with Crippen LogP contribution >= 0.6 is 0 Å². The molecule has 0 heterocycles. The maximum atomic E-state index is 12.4. The number of benzene rings is 2. The van der Waals surface area contributed by atoms with Gasteiger partial charge in [0.15, 0.2) is 0 Å². The van der Waals surface area contributed by atoms with Gasteiger partial charge in [0.1, 0.15) is 5.75 Å². The summed E-state index contributed by atoms with van der Waals surface area (Å²) in [6.45, 7) is 8.17. The van der Waals surface area contributed by atoms with Crippen molar-refractivity contribution >= 4 is 17.3 Å². The molecule has 0 atom stereocenters. The molecule has 0 aliphatic rings. The molecule has 0 aliphatic carbocycles. The van der Waals surface area contributed by atoms with Gasteiger partial charge in [-0.2, -0.15) is 0 Å². The maximum absolute atomic E-state index is 12.4. The second-order valence-corrected chi connectivity index (χ2v) is 6.46. The van der Waals surface area contributed by atoms with Crippen LogP contribution in [0.4, 0.5) is 11.4 Å². The van der Waals surface area contributed by atoms with Crippen LogP contribution in [-0.2, 0) is 4.79 Å². The Morgan fingerprint density at radius 2 is 1.88 bits per heavy atom. The number of hydrogen-bond acceptors (Lipinski definition) is 3. The van der Waals surface area contributed by atoms with E-state index in [1.165, 1.54) is 0 Å². The first-order chi connectivity index (χ1) is 12.1. The molecule has 2 rings (SSSR count). The fraction of sp³-hybridized carbons (Fsp3) is 0.381. The summed E-state index contributed by atoms with van der Waals surface area (Å²) < 4.78 is 5.75. The van der Waals surface area contributed by atoms with Crippen molar-refractivity contribution in [3.05, 3.63) is 54.6 Å². The van der Waals surface area contributed by atoms with Gasteiger partial charge in [-0.25, -0.2) is 0 Å². The SMILES string of the molecule is CCN(CC(=O)Nc1cccc(OCCC(C)C)c1)c1ccccc1. The van der Waals surface area contributed by atoms with E-state index in [9.17, 15) is 4.79 Å². The summed E-state index contributed by atoms with van der Waals surface area (Å²) in [5, 5.41) is 2.96. The summed E-state index contributed by atoms with van der Waals surface area (Å²) in [5.41, 5.74) is 1.81. The Bertz CT molecular complexity index is 656. The monoisotopic (exact) mass is 340 g/mol. The Labute approximate surface area is 150 Å². The molecule has 4 heteroatoms. The molecule has 4 nitrogen and oxygen atoms in total. The van der Waals surface area contributed by atoms with Crippen LogP contribution in [-0.4, -0.2) is 25.6 Å². The molecule has 0 saturated heterocycles. The number of hydrogen-bond donors (Lipinski definition) is 1. The molecular formula is C21H28N2O2. The zero-order chi connectivity index (χ0) is 18.1. The lowest BCUT2D eigenvalue weighted by Gasteiger charge is -2.22. The molecule has 1 N–H and O–H groups in total. The van der Waals surface area contributed by atoms with E-state index in [2.05, 4.69) is 19.2 Å². The first-order valence-electron chi connectivity index (χ1n) is 8.91. The quantitative estimate of drug-likeness (QED) is 0.726. The van der Waals surface area contributed by atoms with E-state index in [0.29, 0.717) is 19.1 Å². The summed E-state index contributed by atoms with van der Waals surface area (Å²) in [7, 11) is 0. The van der Waals surface area contributed by atoms with Gasteiger partial charge in [0.2, 0.25) is 5.91 Å². The zero-order valence-corrected chi connectivity index (χ0v) is 15.4. The predicted octanol–water partition coefficient (Wildman–Crippen LogP) is 4.58. The number of para-hydroxylation sites is 1. The van der Waals surface area contributed by atoms with Crippen molar-refractivity contribution < 1.29 is 9.53 Å². The first kappa shape index (κ1) is 18.8. The van der Waals surface area contributed by atoms with E-state index in [-0.39, 0.29) is 5.91 Å². The number of carbonyl (C=O) groups is 1. The van der Waals surface area contributed by atoms with Crippen LogP contribution in [0.5, 0.6) is 5.75 Å². The molecule has 2 aromatic rings. The van der Waals surface area contributed by atoms with E-state index in [0.717, 1.165) is 30.1 Å². The number of amides is 1. The Morgan fingerprint density at radius 3 is 2.56 bits per heavy atom. The molecule has 0 aliphatic heterocycles. The lowest BCUT2D eigenvalue weighted by molar-refractivity contribution is -0.115. The van der Waals surface area contributed by atoms with E-state index < -0.39 is 0 Å². The standard InChI is InChI=1S/C21H28N2O2/c1-4-23(19-10-6-5-7-11-19)16-21(24)22-18-9-8-12-20(15-18)25-14-13-17(2)3/h5-12,15,17H,4,13-14,16H2,1-3H3,(H,22,24). The van der Waals surface area contributed by atoms with Gasteiger partial charge in [0.25, 0.3) is 0 Å². The Balaban J connectivity index is 1.91. The largest absolute Gasteiger partial charge is 0.494 e. The normalized spacial score (nSPS) is 10.6. The van der Waals surface area contributed by atoms with E-state index in [1.807, 2.05) is 66.4 Å². The molecule has 0 saturated carbocycles. The smallest absolute Gasteiger partial charge is 0.243 e. The summed E-state index contributed by atoms with van der Waals surface area (Å²) in [5.74, 6) is 1.36. The molecule has 25 heavy (non-hydrogen) atoms. The van der Waals surface area contributed by atoms with Crippen molar-refractivity contribution in [1.82, 2.24) is 0 Å². The average molecular weight is 340 g/mol. The van der Waals surface area contributed by atoms with E-state index in [1.54, 1.807) is 0 Å². The lowest BCUT2D eigenvalue weighted by atomic mass is 10.1. The number of nitrogens with one attached hydrogen (secondary N) is 1. The number of carbonyl (C=O) groups excluding carboxylic acids is 1. The minimum Gasteiger partial charge on any atom is -0.494 e. The maximum Gasteiger partial charge on any atom is 0.243 e. The highest BCUT2D eigenvalue weighted by atomic mass is 16.5. The van der Waals surface area contributed by atoms with Gasteiger partial charge >= 0.3 is 0 Å². The van der Waals surface area contributed by atoms with Crippen LogP contribution in [0.3, 0.4) is 0 Å². The highest BCUT2D eigenvalue weighted by Crippen LogP contribution is 2.18. The van der Waals surface area contributed by atoms with E-state index >= 15 is 0 Å². The second-order valence-electron chi connectivity index (χ2n) is 6.46. The van der Waals surface area contributed by atoms with Crippen LogP contribution < -0.4 is 15.0 Å². The second kappa shape index (κ2) is 9.72. The predicted molar refractivity (Wildman–Crippen MR) is 104 cm³/mol. The number of anilines is 2. The van der Waals surface area contributed by atoms with Gasteiger partial charge in [0, 0.05) is 24.0 Å². The molecule has 0 fully saturated rings. The fourth-order valence-corrected chi connectivity index (χ4v) is 2.47. The summed E-state index contributed by atoms with van der Waals surface area (Å²) >= 11 is 0. The first-order valence-corrected chi connectivity index (χ1v) is 8.91. The third-order valence-electron chi connectivity index (χ3n) is 3.92. The van der Waals surface area contributed by atoms with Crippen LogP contribution in [0.25, 0.3) is 0 Å². The molecule has 2 aromatic carbocycles. The number of likely N-dealkylation sites (N-methyl/N-ethyl adjacent to an activating group) is 1. The van der Waals surface area contributed by atoms with Gasteiger partial charge in [0.05, 0.1) is 13.2 Å². The zero-order valence-electron chi connectivity index (χ0n) is 15.4. The molecule has 0 spiro atoms. The Hall–Kier alpha value is -2.49. The Kier molecular flexibility index (Phi) is 7.33. The topological polar surface area (TPSA) is 41.6 Å². The minimum atomic E-state index is -0.0370. The van der Waals surface area contributed by atoms with Crippen molar-refractivity contribution in [2.45, 2.75) is 27.2 Å². The third-order valence-corrected chi connectivity index (χ3v) is 3.92. The molecule has 134 valence electrons. The van der Waals surface area contributed by atoms with Crippen molar-refractivity contribution in [3.8, 4) is 5.75 Å². The molecule has 0 radical (unpaired) electrons. The summed E-state index contributed by atoms with van der Waals surface area (Å²) in [6, 6.07) is 17.5. The summed E-state index contributed by atoms with van der Waals surface area (Å²) in [4.78, 5) is 14.4. The van der Waals surface area contributed by atoms with Crippen molar-refractivity contribution in [2.24, 2.45) is 5.92 Å². The minimum absolute atomic E-state index is 0.0370. The molecule has 1 amide bonds. The van der Waals surface area contributed by atoms with Crippen LogP contribution in [0, 0.1) is 5.92 Å².